The summed E-state index contributed by atoms with van der Waals surface area (Å²) >= 11 is 0. The van der Waals surface area contributed by atoms with E-state index in [9.17, 15) is 13.6 Å². The van der Waals surface area contributed by atoms with E-state index in [4.69, 9.17) is 5.11 Å². The topological polar surface area (TPSA) is 49.3 Å². The molecule has 0 aliphatic rings. The maximum atomic E-state index is 13.1. The zero-order valence-corrected chi connectivity index (χ0v) is 8.65. The number of hydrogen-bond acceptors (Lipinski definition) is 2. The van der Waals surface area contributed by atoms with E-state index in [1.54, 1.807) is 0 Å². The maximum absolute atomic E-state index is 13.1. The first-order valence-corrected chi connectivity index (χ1v) is 3.92. The number of aliphatic carboxylic acids is 1. The molecule has 6 heteroatoms. The Hall–Kier alpha value is -1.20. The van der Waals surface area contributed by atoms with Crippen LogP contribution in [0.5, 0.6) is 0 Å². The minimum Gasteiger partial charge on any atom is -0.480 e. The van der Waals surface area contributed by atoms with Gasteiger partial charge in [-0.05, 0) is 19.2 Å². The zero-order valence-electron chi connectivity index (χ0n) is 7.83. The number of carboxylic acids is 1. The minimum absolute atomic E-state index is 0. The number of carboxylic acid groups (broad SMARTS) is 1. The van der Waals surface area contributed by atoms with Crippen molar-refractivity contribution in [1.29, 1.82) is 0 Å². The molecule has 0 fully saturated rings. The highest BCUT2D eigenvalue weighted by atomic mass is 35.5. The number of benzene rings is 1. The van der Waals surface area contributed by atoms with Crippen molar-refractivity contribution in [1.82, 2.24) is 5.32 Å². The normalized spacial score (nSPS) is 11.7. The highest BCUT2D eigenvalue weighted by molar-refractivity contribution is 5.85. The second kappa shape index (κ2) is 5.63. The molecule has 0 radical (unpaired) electrons. The number of nitrogens with one attached hydrogen (secondary N) is 1. The van der Waals surface area contributed by atoms with Crippen LogP contribution >= 0.6 is 12.4 Å². The highest BCUT2D eigenvalue weighted by Gasteiger charge is 2.24. The molecule has 3 nitrogen and oxygen atoms in total. The van der Waals surface area contributed by atoms with Crippen LogP contribution in [0.1, 0.15) is 11.6 Å². The van der Waals surface area contributed by atoms with Crippen LogP contribution in [0.15, 0.2) is 18.2 Å². The van der Waals surface area contributed by atoms with Gasteiger partial charge in [-0.3, -0.25) is 4.79 Å². The third kappa shape index (κ3) is 2.87. The molecule has 84 valence electrons. The van der Waals surface area contributed by atoms with Gasteiger partial charge in [0.1, 0.15) is 17.7 Å². The summed E-state index contributed by atoms with van der Waals surface area (Å²) in [6.45, 7) is 0. The number of likely N-dealkylation sites (N-methyl/N-ethyl adjacent to an activating group) is 1. The van der Waals surface area contributed by atoms with Gasteiger partial charge in [0, 0.05) is 0 Å². The van der Waals surface area contributed by atoms with E-state index >= 15 is 0 Å². The van der Waals surface area contributed by atoms with E-state index in [2.05, 4.69) is 5.32 Å². The second-order valence-corrected chi connectivity index (χ2v) is 2.70. The number of rotatable bonds is 3. The van der Waals surface area contributed by atoms with Crippen LogP contribution < -0.4 is 5.32 Å². The molecule has 0 aliphatic heterocycles. The summed E-state index contributed by atoms with van der Waals surface area (Å²) in [4.78, 5) is 10.6. The van der Waals surface area contributed by atoms with Crippen molar-refractivity contribution < 1.29 is 18.7 Å². The molecule has 0 amide bonds. The summed E-state index contributed by atoms with van der Waals surface area (Å²) in [7, 11) is 1.32. The fourth-order valence-corrected chi connectivity index (χ4v) is 1.18. The fraction of sp³-hybridized carbons (Fsp3) is 0.222. The van der Waals surface area contributed by atoms with E-state index < -0.39 is 29.2 Å². The monoisotopic (exact) mass is 237 g/mol. The largest absolute Gasteiger partial charge is 0.480 e. The molecule has 0 saturated carbocycles. The lowest BCUT2D eigenvalue weighted by molar-refractivity contribution is -0.139. The standard InChI is InChI=1S/C9H9F2NO2.ClH/c1-12-8(9(13)14)7-5(10)3-2-4-6(7)11;/h2-4,8,12H,1H3,(H,13,14);1H. The average molecular weight is 238 g/mol. The lowest BCUT2D eigenvalue weighted by Gasteiger charge is -2.12. The first-order valence-electron chi connectivity index (χ1n) is 3.92. The SMILES string of the molecule is CNC(C(=O)O)c1c(F)cccc1F.Cl. The van der Waals surface area contributed by atoms with Crippen LogP contribution in [0.2, 0.25) is 0 Å². The van der Waals surface area contributed by atoms with Crippen molar-refractivity contribution in [2.75, 3.05) is 7.05 Å². The van der Waals surface area contributed by atoms with Gasteiger partial charge < -0.3 is 10.4 Å². The summed E-state index contributed by atoms with van der Waals surface area (Å²) in [6.07, 6.45) is 0. The van der Waals surface area contributed by atoms with Crippen molar-refractivity contribution in [3.63, 3.8) is 0 Å². The Morgan fingerprint density at radius 3 is 2.20 bits per heavy atom. The van der Waals surface area contributed by atoms with Gasteiger partial charge in [0.25, 0.3) is 0 Å². The Morgan fingerprint density at radius 1 is 1.40 bits per heavy atom. The third-order valence-corrected chi connectivity index (χ3v) is 1.82. The fourth-order valence-electron chi connectivity index (χ4n) is 1.18. The summed E-state index contributed by atoms with van der Waals surface area (Å²) in [5, 5.41) is 11.0. The number of carbonyl (C=O) groups is 1. The summed E-state index contributed by atoms with van der Waals surface area (Å²) in [5.74, 6) is -3.06. The molecule has 1 aromatic carbocycles. The molecule has 2 N–H and O–H groups in total. The van der Waals surface area contributed by atoms with E-state index in [0.717, 1.165) is 12.1 Å². The Morgan fingerprint density at radius 2 is 1.87 bits per heavy atom. The second-order valence-electron chi connectivity index (χ2n) is 2.70. The predicted molar refractivity (Wildman–Crippen MR) is 53.0 cm³/mol. The predicted octanol–water partition coefficient (Wildman–Crippen LogP) is 1.73. The Bertz CT molecular complexity index is 340. The van der Waals surface area contributed by atoms with Crippen molar-refractivity contribution in [3.8, 4) is 0 Å². The Balaban J connectivity index is 0.00000196. The minimum atomic E-state index is -1.36. The van der Waals surface area contributed by atoms with Gasteiger partial charge in [0.15, 0.2) is 0 Å². The van der Waals surface area contributed by atoms with Crippen LogP contribution in [0, 0.1) is 11.6 Å². The molecule has 0 aromatic heterocycles. The molecule has 1 rings (SSSR count). The van der Waals surface area contributed by atoms with Gasteiger partial charge >= 0.3 is 5.97 Å². The van der Waals surface area contributed by atoms with Crippen LogP contribution in [0.4, 0.5) is 8.78 Å². The van der Waals surface area contributed by atoms with Crippen molar-refractivity contribution in [2.45, 2.75) is 6.04 Å². The van der Waals surface area contributed by atoms with Gasteiger partial charge in [-0.25, -0.2) is 8.78 Å². The van der Waals surface area contributed by atoms with Crippen molar-refractivity contribution >= 4 is 18.4 Å². The smallest absolute Gasteiger partial charge is 0.325 e. The van der Waals surface area contributed by atoms with Gasteiger partial charge in [0.2, 0.25) is 0 Å². The molecule has 0 spiro atoms. The third-order valence-electron chi connectivity index (χ3n) is 1.82. The van der Waals surface area contributed by atoms with E-state index in [0.29, 0.717) is 0 Å². The Kier molecular flexibility index (Phi) is 5.18. The lowest BCUT2D eigenvalue weighted by atomic mass is 10.1. The summed E-state index contributed by atoms with van der Waals surface area (Å²) in [6, 6.07) is 1.86. The molecule has 1 atom stereocenters. The van der Waals surface area contributed by atoms with Crippen LogP contribution in [-0.4, -0.2) is 18.1 Å². The first-order chi connectivity index (χ1) is 6.57. The molecule has 0 heterocycles. The van der Waals surface area contributed by atoms with Gasteiger partial charge in [0.05, 0.1) is 5.56 Å². The molecule has 15 heavy (non-hydrogen) atoms. The molecular weight excluding hydrogens is 228 g/mol. The number of halogens is 3. The molecule has 0 saturated heterocycles. The van der Waals surface area contributed by atoms with Crippen molar-refractivity contribution in [2.24, 2.45) is 0 Å². The highest BCUT2D eigenvalue weighted by Crippen LogP contribution is 2.20. The maximum Gasteiger partial charge on any atom is 0.325 e. The summed E-state index contributed by atoms with van der Waals surface area (Å²) in [5.41, 5.74) is -0.470. The Labute approximate surface area is 91.5 Å². The molecule has 0 bridgehead atoms. The van der Waals surface area contributed by atoms with E-state index in [-0.39, 0.29) is 12.4 Å². The van der Waals surface area contributed by atoms with Crippen molar-refractivity contribution in [3.05, 3.63) is 35.4 Å². The van der Waals surface area contributed by atoms with Crippen LogP contribution in [0.3, 0.4) is 0 Å². The quantitative estimate of drug-likeness (QED) is 0.842. The molecule has 0 aliphatic carbocycles. The summed E-state index contributed by atoms with van der Waals surface area (Å²) < 4.78 is 26.2. The molecule has 1 aromatic rings. The van der Waals surface area contributed by atoms with Crippen LogP contribution in [-0.2, 0) is 4.79 Å². The van der Waals surface area contributed by atoms with E-state index in [1.807, 2.05) is 0 Å². The lowest BCUT2D eigenvalue weighted by Crippen LogP contribution is -2.27. The van der Waals surface area contributed by atoms with Gasteiger partial charge in [-0.2, -0.15) is 0 Å². The van der Waals surface area contributed by atoms with Crippen LogP contribution in [0.25, 0.3) is 0 Å². The van der Waals surface area contributed by atoms with Gasteiger partial charge in [-0.15, -0.1) is 12.4 Å². The molecular formula is C9H10ClF2NO2. The number of hydrogen-bond donors (Lipinski definition) is 2. The van der Waals surface area contributed by atoms with E-state index in [1.165, 1.54) is 13.1 Å². The first kappa shape index (κ1) is 13.8. The molecule has 1 unspecified atom stereocenters. The van der Waals surface area contributed by atoms with Gasteiger partial charge in [-0.1, -0.05) is 6.07 Å². The average Bonchev–Trinajstić information content (AvgIpc) is 2.10. The zero-order chi connectivity index (χ0) is 10.7.